The third-order valence-electron chi connectivity index (χ3n) is 6.40. The van der Waals surface area contributed by atoms with Crippen LogP contribution in [0.5, 0.6) is 0 Å². The number of hydrogen-bond donors (Lipinski definition) is 0. The molecule has 0 bridgehead atoms. The van der Waals surface area contributed by atoms with E-state index in [4.69, 9.17) is 0 Å². The van der Waals surface area contributed by atoms with E-state index in [9.17, 15) is 13.2 Å². The van der Waals surface area contributed by atoms with Gasteiger partial charge in [-0.25, -0.2) is 13.2 Å². The number of benzene rings is 1. The molecule has 138 valence electrons. The third-order valence-corrected chi connectivity index (χ3v) is 6.40. The zero-order chi connectivity index (χ0) is 17.8. The second kappa shape index (κ2) is 8.42. The molecule has 1 unspecified atom stereocenters. The van der Waals surface area contributed by atoms with E-state index in [-0.39, 0.29) is 0 Å². The predicted molar refractivity (Wildman–Crippen MR) is 96.6 cm³/mol. The van der Waals surface area contributed by atoms with Gasteiger partial charge in [0.25, 0.3) is 0 Å². The quantitative estimate of drug-likeness (QED) is 0.489. The van der Waals surface area contributed by atoms with E-state index in [1.807, 2.05) is 0 Å². The fraction of sp³-hybridized carbons (Fsp3) is 0.636. The van der Waals surface area contributed by atoms with Crippen LogP contribution in [0.15, 0.2) is 18.2 Å². The summed E-state index contributed by atoms with van der Waals surface area (Å²) in [6, 6.07) is 2.24. The zero-order valence-corrected chi connectivity index (χ0v) is 15.2. The highest BCUT2D eigenvalue weighted by atomic mass is 19.2. The topological polar surface area (TPSA) is 0 Å². The maximum atomic E-state index is 13.4. The molecule has 2 aliphatic carbocycles. The summed E-state index contributed by atoms with van der Waals surface area (Å²) in [5, 5.41) is 0. The fourth-order valence-electron chi connectivity index (χ4n) is 4.55. The van der Waals surface area contributed by atoms with Crippen molar-refractivity contribution in [2.75, 3.05) is 0 Å². The Bertz CT molecular complexity index is 589. The normalized spacial score (nSPS) is 27.2. The molecule has 3 heteroatoms. The molecule has 0 radical (unpaired) electrons. The minimum Gasteiger partial charge on any atom is -0.204 e. The molecule has 1 aromatic rings. The lowest BCUT2D eigenvalue weighted by Crippen LogP contribution is -2.15. The Balaban J connectivity index is 1.49. The van der Waals surface area contributed by atoms with Crippen LogP contribution in [-0.4, -0.2) is 0 Å². The SMILES string of the molecule is CCC1CCC(CCC2CC=C(c3cc(F)c(F)c(F)c3)CC2)CC1. The molecule has 0 heterocycles. The Kier molecular flexibility index (Phi) is 6.24. The molecule has 0 aliphatic heterocycles. The van der Waals surface area contributed by atoms with Gasteiger partial charge in [-0.2, -0.15) is 0 Å². The van der Waals surface area contributed by atoms with E-state index in [1.165, 1.54) is 44.9 Å². The Morgan fingerprint density at radius 1 is 0.840 bits per heavy atom. The summed E-state index contributed by atoms with van der Waals surface area (Å²) in [7, 11) is 0. The number of halogens is 3. The Morgan fingerprint density at radius 3 is 2.00 bits per heavy atom. The highest BCUT2D eigenvalue weighted by molar-refractivity contribution is 5.66. The van der Waals surface area contributed by atoms with Gasteiger partial charge >= 0.3 is 0 Å². The summed E-state index contributed by atoms with van der Waals surface area (Å²) >= 11 is 0. The van der Waals surface area contributed by atoms with Crippen molar-refractivity contribution in [3.8, 4) is 0 Å². The second-order valence-electron chi connectivity index (χ2n) is 8.00. The highest BCUT2D eigenvalue weighted by Crippen LogP contribution is 2.37. The van der Waals surface area contributed by atoms with Crippen LogP contribution >= 0.6 is 0 Å². The van der Waals surface area contributed by atoms with Crippen LogP contribution in [0.3, 0.4) is 0 Å². The maximum absolute atomic E-state index is 13.4. The fourth-order valence-corrected chi connectivity index (χ4v) is 4.55. The molecular formula is C22H29F3. The lowest BCUT2D eigenvalue weighted by molar-refractivity contribution is 0.242. The first-order chi connectivity index (χ1) is 12.1. The van der Waals surface area contributed by atoms with Crippen LogP contribution in [0, 0.1) is 35.2 Å². The number of hydrogen-bond acceptors (Lipinski definition) is 0. The molecule has 25 heavy (non-hydrogen) atoms. The molecule has 1 fully saturated rings. The minimum absolute atomic E-state index is 0.493. The van der Waals surface area contributed by atoms with Crippen molar-refractivity contribution >= 4 is 5.57 Å². The highest BCUT2D eigenvalue weighted by Gasteiger charge is 2.22. The third kappa shape index (κ3) is 4.68. The lowest BCUT2D eigenvalue weighted by atomic mass is 9.76. The second-order valence-corrected chi connectivity index (χ2v) is 8.00. The first kappa shape index (κ1) is 18.5. The minimum atomic E-state index is -1.38. The first-order valence-corrected chi connectivity index (χ1v) is 9.90. The predicted octanol–water partition coefficient (Wildman–Crippen LogP) is 7.28. The summed E-state index contributed by atoms with van der Waals surface area (Å²) in [4.78, 5) is 0. The molecule has 1 aromatic carbocycles. The summed E-state index contributed by atoms with van der Waals surface area (Å²) < 4.78 is 39.9. The molecule has 0 spiro atoms. The smallest absolute Gasteiger partial charge is 0.194 e. The number of rotatable bonds is 5. The Labute approximate surface area is 149 Å². The van der Waals surface area contributed by atoms with Crippen molar-refractivity contribution in [3.05, 3.63) is 41.2 Å². The molecule has 0 aromatic heterocycles. The van der Waals surface area contributed by atoms with E-state index in [2.05, 4.69) is 13.0 Å². The van der Waals surface area contributed by atoms with Gasteiger partial charge in [0.1, 0.15) is 0 Å². The molecule has 0 saturated heterocycles. The van der Waals surface area contributed by atoms with Gasteiger partial charge in [0.05, 0.1) is 0 Å². The van der Waals surface area contributed by atoms with E-state index in [0.29, 0.717) is 11.5 Å². The summed E-state index contributed by atoms with van der Waals surface area (Å²) in [5.41, 5.74) is 1.45. The molecule has 0 nitrogen and oxygen atoms in total. The van der Waals surface area contributed by atoms with E-state index in [1.54, 1.807) is 0 Å². The van der Waals surface area contributed by atoms with Gasteiger partial charge in [0.2, 0.25) is 0 Å². The van der Waals surface area contributed by atoms with Crippen molar-refractivity contribution < 1.29 is 13.2 Å². The molecule has 1 saturated carbocycles. The zero-order valence-electron chi connectivity index (χ0n) is 15.2. The van der Waals surface area contributed by atoms with E-state index in [0.717, 1.165) is 48.8 Å². The summed E-state index contributed by atoms with van der Waals surface area (Å²) in [6.45, 7) is 2.30. The van der Waals surface area contributed by atoms with Crippen LogP contribution in [0.25, 0.3) is 5.57 Å². The van der Waals surface area contributed by atoms with Crippen molar-refractivity contribution in [3.63, 3.8) is 0 Å². The van der Waals surface area contributed by atoms with Gasteiger partial charge in [0.15, 0.2) is 17.5 Å². The number of allylic oxidation sites excluding steroid dienone is 2. The Morgan fingerprint density at radius 2 is 1.44 bits per heavy atom. The van der Waals surface area contributed by atoms with Crippen LogP contribution in [0.2, 0.25) is 0 Å². The van der Waals surface area contributed by atoms with Gasteiger partial charge in [-0.3, -0.25) is 0 Å². The van der Waals surface area contributed by atoms with Crippen molar-refractivity contribution in [2.24, 2.45) is 17.8 Å². The molecule has 3 rings (SSSR count). The van der Waals surface area contributed by atoms with Gasteiger partial charge in [-0.05, 0) is 66.7 Å². The summed E-state index contributed by atoms with van der Waals surface area (Å²) in [6.07, 6.45) is 14.5. The van der Waals surface area contributed by atoms with E-state index < -0.39 is 17.5 Å². The Hall–Kier alpha value is -1.25. The van der Waals surface area contributed by atoms with Gasteiger partial charge in [-0.15, -0.1) is 0 Å². The molecule has 1 atom stereocenters. The standard InChI is InChI=1S/C22H29F3/c1-2-15-3-5-16(6-4-15)7-8-17-9-11-18(12-10-17)19-13-20(23)22(25)21(24)14-19/h11,13-17H,2-10,12H2,1H3. The van der Waals surface area contributed by atoms with Crippen LogP contribution in [0.1, 0.15) is 76.7 Å². The van der Waals surface area contributed by atoms with Gasteiger partial charge in [-0.1, -0.05) is 51.5 Å². The van der Waals surface area contributed by atoms with Crippen molar-refractivity contribution in [2.45, 2.75) is 71.1 Å². The average molecular weight is 350 g/mol. The molecule has 0 N–H and O–H groups in total. The van der Waals surface area contributed by atoms with Crippen LogP contribution in [-0.2, 0) is 0 Å². The van der Waals surface area contributed by atoms with E-state index >= 15 is 0 Å². The summed E-state index contributed by atoms with van der Waals surface area (Å²) in [5.74, 6) is -1.04. The monoisotopic (exact) mass is 350 g/mol. The molecular weight excluding hydrogens is 321 g/mol. The van der Waals surface area contributed by atoms with Crippen LogP contribution in [0.4, 0.5) is 13.2 Å². The van der Waals surface area contributed by atoms with Crippen molar-refractivity contribution in [1.82, 2.24) is 0 Å². The largest absolute Gasteiger partial charge is 0.204 e. The molecule has 2 aliphatic rings. The maximum Gasteiger partial charge on any atom is 0.194 e. The van der Waals surface area contributed by atoms with Gasteiger partial charge < -0.3 is 0 Å². The van der Waals surface area contributed by atoms with Crippen LogP contribution < -0.4 is 0 Å². The van der Waals surface area contributed by atoms with Crippen molar-refractivity contribution in [1.29, 1.82) is 0 Å². The molecule has 0 amide bonds. The lowest BCUT2D eigenvalue weighted by Gasteiger charge is -2.29. The average Bonchev–Trinajstić information content (AvgIpc) is 2.65. The van der Waals surface area contributed by atoms with Gasteiger partial charge in [0, 0.05) is 0 Å². The first-order valence-electron chi connectivity index (χ1n) is 9.90.